The van der Waals surface area contributed by atoms with Gasteiger partial charge in [0.25, 0.3) is 11.8 Å². The average Bonchev–Trinajstić information content (AvgIpc) is 3.58. The van der Waals surface area contributed by atoms with Crippen molar-refractivity contribution in [1.29, 1.82) is 0 Å². The van der Waals surface area contributed by atoms with Gasteiger partial charge in [-0.05, 0) is 66.9 Å². The van der Waals surface area contributed by atoms with Gasteiger partial charge in [-0.15, -0.1) is 11.8 Å². The third-order valence-corrected chi connectivity index (χ3v) is 6.10. The number of rotatable bonds is 7. The summed E-state index contributed by atoms with van der Waals surface area (Å²) < 4.78 is 0. The maximum atomic E-state index is 12.7. The van der Waals surface area contributed by atoms with Gasteiger partial charge in [0, 0.05) is 27.3 Å². The van der Waals surface area contributed by atoms with Crippen LogP contribution in [-0.2, 0) is 5.75 Å². The van der Waals surface area contributed by atoms with Crippen LogP contribution in [0.5, 0.6) is 0 Å². The SMILES string of the molecule is O=C(Nc1ccccc1C(=O)NC1CC1)c1ccc(CSc2ccc(Cl)cc2)cc1. The van der Waals surface area contributed by atoms with Crippen LogP contribution in [0.4, 0.5) is 5.69 Å². The molecule has 0 atom stereocenters. The van der Waals surface area contributed by atoms with Gasteiger partial charge in [0.1, 0.15) is 0 Å². The monoisotopic (exact) mass is 436 g/mol. The van der Waals surface area contributed by atoms with Crippen molar-refractivity contribution < 1.29 is 9.59 Å². The van der Waals surface area contributed by atoms with Gasteiger partial charge >= 0.3 is 0 Å². The van der Waals surface area contributed by atoms with E-state index in [1.807, 2.05) is 36.4 Å². The Bertz CT molecular complexity index is 1050. The molecule has 0 heterocycles. The Labute approximate surface area is 185 Å². The minimum atomic E-state index is -0.237. The van der Waals surface area contributed by atoms with E-state index < -0.39 is 0 Å². The zero-order valence-corrected chi connectivity index (χ0v) is 17.8. The van der Waals surface area contributed by atoms with Crippen molar-refractivity contribution in [3.63, 3.8) is 0 Å². The van der Waals surface area contributed by atoms with Crippen LogP contribution >= 0.6 is 23.4 Å². The van der Waals surface area contributed by atoms with Crippen LogP contribution in [0.1, 0.15) is 39.1 Å². The molecule has 1 aliphatic rings. The van der Waals surface area contributed by atoms with Crippen LogP contribution in [0, 0.1) is 0 Å². The van der Waals surface area contributed by atoms with E-state index in [4.69, 9.17) is 11.6 Å². The number of hydrogen-bond acceptors (Lipinski definition) is 3. The second-order valence-corrected chi connectivity index (χ2v) is 8.67. The summed E-state index contributed by atoms with van der Waals surface area (Å²) >= 11 is 7.63. The summed E-state index contributed by atoms with van der Waals surface area (Å²) in [6, 6.07) is 22.6. The maximum Gasteiger partial charge on any atom is 0.255 e. The van der Waals surface area contributed by atoms with Crippen molar-refractivity contribution in [2.75, 3.05) is 5.32 Å². The number of para-hydroxylation sites is 1. The molecule has 0 radical (unpaired) electrons. The molecule has 0 unspecified atom stereocenters. The highest BCUT2D eigenvalue weighted by atomic mass is 35.5. The van der Waals surface area contributed by atoms with E-state index in [1.165, 1.54) is 0 Å². The topological polar surface area (TPSA) is 58.2 Å². The van der Waals surface area contributed by atoms with Gasteiger partial charge in [-0.3, -0.25) is 9.59 Å². The average molecular weight is 437 g/mol. The predicted molar refractivity (Wildman–Crippen MR) is 122 cm³/mol. The molecular formula is C24H21ClN2O2S. The molecule has 0 spiro atoms. The fourth-order valence-corrected chi connectivity index (χ4v) is 3.91. The van der Waals surface area contributed by atoms with E-state index in [0.29, 0.717) is 16.8 Å². The number of halogens is 1. The molecule has 4 nitrogen and oxygen atoms in total. The number of amides is 2. The first-order valence-electron chi connectivity index (χ1n) is 9.77. The van der Waals surface area contributed by atoms with E-state index in [-0.39, 0.29) is 17.9 Å². The normalized spacial score (nSPS) is 13.0. The maximum absolute atomic E-state index is 12.7. The largest absolute Gasteiger partial charge is 0.349 e. The number of benzene rings is 3. The molecule has 1 fully saturated rings. The van der Waals surface area contributed by atoms with Crippen molar-refractivity contribution in [1.82, 2.24) is 5.32 Å². The Morgan fingerprint density at radius 3 is 2.30 bits per heavy atom. The van der Waals surface area contributed by atoms with Crippen molar-refractivity contribution in [3.8, 4) is 0 Å². The zero-order valence-electron chi connectivity index (χ0n) is 16.2. The summed E-state index contributed by atoms with van der Waals surface area (Å²) in [4.78, 5) is 26.2. The number of hydrogen-bond donors (Lipinski definition) is 2. The Morgan fingerprint density at radius 1 is 0.900 bits per heavy atom. The Hall–Kier alpha value is -2.76. The molecule has 1 aliphatic carbocycles. The van der Waals surface area contributed by atoms with E-state index in [0.717, 1.165) is 34.1 Å². The molecular weight excluding hydrogens is 416 g/mol. The summed E-state index contributed by atoms with van der Waals surface area (Å²) in [5.41, 5.74) is 2.67. The number of thioether (sulfide) groups is 1. The zero-order chi connectivity index (χ0) is 20.9. The molecule has 30 heavy (non-hydrogen) atoms. The van der Waals surface area contributed by atoms with Crippen LogP contribution < -0.4 is 10.6 Å². The number of carbonyl (C=O) groups excluding carboxylic acids is 2. The minimum Gasteiger partial charge on any atom is -0.349 e. The van der Waals surface area contributed by atoms with E-state index in [9.17, 15) is 9.59 Å². The van der Waals surface area contributed by atoms with Crippen LogP contribution in [0.3, 0.4) is 0 Å². The predicted octanol–water partition coefficient (Wildman–Crippen LogP) is 5.78. The van der Waals surface area contributed by atoms with E-state index in [2.05, 4.69) is 10.6 Å². The third-order valence-electron chi connectivity index (χ3n) is 4.77. The Kier molecular flexibility index (Phi) is 6.41. The highest BCUT2D eigenvalue weighted by Crippen LogP contribution is 2.25. The standard InChI is InChI=1S/C24H21ClN2O2S/c25-18-9-13-20(14-10-18)30-15-16-5-7-17(8-6-16)23(28)27-22-4-2-1-3-21(22)24(29)26-19-11-12-19/h1-10,13-14,19H,11-12,15H2,(H,26,29)(H,27,28). The lowest BCUT2D eigenvalue weighted by Crippen LogP contribution is -2.27. The van der Waals surface area contributed by atoms with Crippen molar-refractivity contribution in [2.24, 2.45) is 0 Å². The highest BCUT2D eigenvalue weighted by molar-refractivity contribution is 7.98. The number of nitrogens with one attached hydrogen (secondary N) is 2. The fourth-order valence-electron chi connectivity index (χ4n) is 2.93. The first kappa shape index (κ1) is 20.5. The van der Waals surface area contributed by atoms with Crippen LogP contribution in [0.15, 0.2) is 77.7 Å². The molecule has 1 saturated carbocycles. The third kappa shape index (κ3) is 5.43. The summed E-state index contributed by atoms with van der Waals surface area (Å²) in [5, 5.41) is 6.55. The molecule has 0 aliphatic heterocycles. The second kappa shape index (κ2) is 9.37. The van der Waals surface area contributed by atoms with Crippen LogP contribution in [0.2, 0.25) is 5.02 Å². The van der Waals surface area contributed by atoms with Gasteiger partial charge in [0.05, 0.1) is 11.3 Å². The minimum absolute atomic E-state index is 0.150. The molecule has 0 saturated heterocycles. The molecule has 2 amide bonds. The second-order valence-electron chi connectivity index (χ2n) is 7.19. The Balaban J connectivity index is 1.38. The smallest absolute Gasteiger partial charge is 0.255 e. The van der Waals surface area contributed by atoms with Gasteiger partial charge in [-0.2, -0.15) is 0 Å². The fraction of sp³-hybridized carbons (Fsp3) is 0.167. The van der Waals surface area contributed by atoms with Gasteiger partial charge < -0.3 is 10.6 Å². The Morgan fingerprint density at radius 2 is 1.60 bits per heavy atom. The summed E-state index contributed by atoms with van der Waals surface area (Å²) in [6.07, 6.45) is 2.03. The first-order valence-corrected chi connectivity index (χ1v) is 11.1. The van der Waals surface area contributed by atoms with Gasteiger partial charge in [0.2, 0.25) is 0 Å². The van der Waals surface area contributed by atoms with Crippen LogP contribution in [-0.4, -0.2) is 17.9 Å². The first-order chi connectivity index (χ1) is 14.6. The van der Waals surface area contributed by atoms with E-state index >= 15 is 0 Å². The van der Waals surface area contributed by atoms with Crippen LogP contribution in [0.25, 0.3) is 0 Å². The van der Waals surface area contributed by atoms with Crippen molar-refractivity contribution >= 4 is 40.9 Å². The summed E-state index contributed by atoms with van der Waals surface area (Å²) in [5.74, 6) is 0.412. The molecule has 2 N–H and O–H groups in total. The molecule has 4 rings (SSSR count). The van der Waals surface area contributed by atoms with Gasteiger partial charge in [0.15, 0.2) is 0 Å². The van der Waals surface area contributed by atoms with Gasteiger partial charge in [-0.1, -0.05) is 35.9 Å². The lowest BCUT2D eigenvalue weighted by atomic mass is 10.1. The van der Waals surface area contributed by atoms with Crippen molar-refractivity contribution in [3.05, 3.63) is 94.5 Å². The quantitative estimate of drug-likeness (QED) is 0.462. The van der Waals surface area contributed by atoms with Crippen molar-refractivity contribution in [2.45, 2.75) is 29.5 Å². The van der Waals surface area contributed by atoms with Gasteiger partial charge in [-0.25, -0.2) is 0 Å². The summed E-state index contributed by atoms with van der Waals surface area (Å²) in [6.45, 7) is 0. The number of anilines is 1. The molecule has 3 aromatic rings. The summed E-state index contributed by atoms with van der Waals surface area (Å²) in [7, 11) is 0. The number of carbonyl (C=O) groups is 2. The van der Waals surface area contributed by atoms with E-state index in [1.54, 1.807) is 48.2 Å². The molecule has 3 aromatic carbocycles. The lowest BCUT2D eigenvalue weighted by molar-refractivity contribution is 0.0952. The molecule has 6 heteroatoms. The molecule has 152 valence electrons. The molecule has 0 aromatic heterocycles. The lowest BCUT2D eigenvalue weighted by Gasteiger charge is -2.11. The molecule has 0 bridgehead atoms. The highest BCUT2D eigenvalue weighted by Gasteiger charge is 2.25.